The van der Waals surface area contributed by atoms with Gasteiger partial charge in [-0.25, -0.2) is 9.78 Å². The van der Waals surface area contributed by atoms with Crippen LogP contribution in [0.3, 0.4) is 0 Å². The summed E-state index contributed by atoms with van der Waals surface area (Å²) < 4.78 is 53.5. The largest absolute Gasteiger partial charge is 0.490 e. The number of aliphatic carboxylic acids is 2. The Kier molecular flexibility index (Phi) is 9.60. The van der Waals surface area contributed by atoms with Crippen molar-refractivity contribution in [3.05, 3.63) is 58.9 Å². The lowest BCUT2D eigenvalue weighted by atomic mass is 9.92. The number of ether oxygens (including phenoxy) is 3. The predicted molar refractivity (Wildman–Crippen MR) is 134 cm³/mol. The van der Waals surface area contributed by atoms with Crippen molar-refractivity contribution in [3.63, 3.8) is 0 Å². The van der Waals surface area contributed by atoms with E-state index in [4.69, 9.17) is 33.6 Å². The minimum Gasteiger partial charge on any atom is -0.481 e. The second-order valence-electron chi connectivity index (χ2n) is 9.16. The lowest BCUT2D eigenvalue weighted by molar-refractivity contribution is -0.192. The molecule has 1 aromatic carbocycles. The van der Waals surface area contributed by atoms with E-state index >= 15 is 0 Å². The number of carbonyl (C=O) groups is 2. The summed E-state index contributed by atoms with van der Waals surface area (Å²) in [4.78, 5) is 29.6. The van der Waals surface area contributed by atoms with Crippen molar-refractivity contribution in [1.29, 1.82) is 0 Å². The van der Waals surface area contributed by atoms with E-state index in [1.165, 1.54) is 0 Å². The van der Waals surface area contributed by atoms with Gasteiger partial charge in [0.25, 0.3) is 0 Å². The van der Waals surface area contributed by atoms with Gasteiger partial charge in [-0.05, 0) is 36.6 Å². The quantitative estimate of drug-likeness (QED) is 0.336. The lowest BCUT2D eigenvalue weighted by Gasteiger charge is -2.13. The third kappa shape index (κ3) is 8.54. The molecular weight excluding hydrogens is 553 g/mol. The van der Waals surface area contributed by atoms with Crippen molar-refractivity contribution in [2.45, 2.75) is 50.8 Å². The number of benzene rings is 1. The molecule has 2 aliphatic rings. The molecule has 0 bridgehead atoms. The summed E-state index contributed by atoms with van der Waals surface area (Å²) in [6.45, 7) is 2.18. The molecule has 4 heterocycles. The van der Waals surface area contributed by atoms with E-state index < -0.39 is 18.1 Å². The number of nitrogens with one attached hydrogen (secondary N) is 1. The number of rotatable bonds is 9. The van der Waals surface area contributed by atoms with Crippen molar-refractivity contribution in [3.8, 4) is 11.5 Å². The highest BCUT2D eigenvalue weighted by atomic mass is 19.4. The highest BCUT2D eigenvalue weighted by molar-refractivity contribution is 5.73. The molecule has 0 saturated carbocycles. The van der Waals surface area contributed by atoms with E-state index in [1.807, 2.05) is 18.2 Å². The number of aryl methyl sites for hydroxylation is 2. The van der Waals surface area contributed by atoms with Crippen LogP contribution in [0.2, 0.25) is 0 Å². The number of alkyl halides is 3. The number of anilines is 1. The minimum absolute atomic E-state index is 0.0551. The van der Waals surface area contributed by atoms with E-state index in [0.29, 0.717) is 49.3 Å². The number of nitrogens with zero attached hydrogens (tertiary/aromatic N) is 3. The van der Waals surface area contributed by atoms with Crippen LogP contribution in [0.15, 0.2) is 34.9 Å². The Hall–Kier alpha value is -4.40. The van der Waals surface area contributed by atoms with Crippen molar-refractivity contribution in [2.75, 3.05) is 25.3 Å². The fourth-order valence-corrected chi connectivity index (χ4v) is 4.16. The molecule has 0 spiro atoms. The minimum atomic E-state index is -5.08. The number of pyridine rings is 1. The number of fused-ring (bicyclic) bond motifs is 2. The number of aromatic nitrogens is 3. The standard InChI is InChI=1S/C24H26N4O6.C2HF3O2/c29-23(30)12-17(15-5-7-19-20(10-15)33-14-32-19)11-22-27-21(28-34-22)3-1-2-18-6-4-16-13-31-9-8-25-24(16)26-18;3-2(4,5)1(6)7/h4-7,10,17H,1-3,8-9,11-14H2,(H,25,26)(H,29,30);(H,6,7). The van der Waals surface area contributed by atoms with Gasteiger partial charge in [-0.3, -0.25) is 4.79 Å². The molecule has 2 aromatic heterocycles. The first-order valence-electron chi connectivity index (χ1n) is 12.6. The van der Waals surface area contributed by atoms with E-state index in [0.717, 1.165) is 42.0 Å². The maximum atomic E-state index is 11.5. The van der Waals surface area contributed by atoms with Gasteiger partial charge in [-0.1, -0.05) is 17.3 Å². The summed E-state index contributed by atoms with van der Waals surface area (Å²) in [7, 11) is 0. The van der Waals surface area contributed by atoms with Crippen LogP contribution in [-0.4, -0.2) is 63.4 Å². The van der Waals surface area contributed by atoms with Crippen molar-refractivity contribution in [1.82, 2.24) is 15.1 Å². The Morgan fingerprint density at radius 3 is 2.59 bits per heavy atom. The van der Waals surface area contributed by atoms with Crippen LogP contribution in [0.4, 0.5) is 19.0 Å². The third-order valence-corrected chi connectivity index (χ3v) is 6.13. The van der Waals surface area contributed by atoms with Gasteiger partial charge in [0.15, 0.2) is 17.3 Å². The predicted octanol–water partition coefficient (Wildman–Crippen LogP) is 3.75. The number of hydrogen-bond donors (Lipinski definition) is 3. The molecule has 12 nitrogen and oxygen atoms in total. The van der Waals surface area contributed by atoms with E-state index in [-0.39, 0.29) is 19.1 Å². The molecule has 2 aliphatic heterocycles. The summed E-state index contributed by atoms with van der Waals surface area (Å²) in [6, 6.07) is 9.55. The smallest absolute Gasteiger partial charge is 0.481 e. The Morgan fingerprint density at radius 1 is 1.05 bits per heavy atom. The fraction of sp³-hybridized carbons (Fsp3) is 0.423. The summed E-state index contributed by atoms with van der Waals surface area (Å²) >= 11 is 0. The molecule has 0 radical (unpaired) electrons. The van der Waals surface area contributed by atoms with Gasteiger partial charge in [-0.2, -0.15) is 18.2 Å². The SMILES string of the molecule is O=C(O)C(F)(F)F.O=C(O)CC(Cc1nc(CCCc2ccc3c(n2)NCCOC3)no1)c1ccc2c(c1)OCO2. The molecule has 15 heteroatoms. The average Bonchev–Trinajstić information content (AvgIpc) is 3.51. The van der Waals surface area contributed by atoms with E-state index in [9.17, 15) is 23.1 Å². The summed E-state index contributed by atoms with van der Waals surface area (Å²) in [5.74, 6) is -0.767. The van der Waals surface area contributed by atoms with Gasteiger partial charge in [0.05, 0.1) is 19.6 Å². The van der Waals surface area contributed by atoms with Crippen molar-refractivity contribution in [2.24, 2.45) is 0 Å². The van der Waals surface area contributed by atoms with Crippen molar-refractivity contribution < 1.29 is 51.7 Å². The van der Waals surface area contributed by atoms with E-state index in [2.05, 4.69) is 21.5 Å². The number of carboxylic acid groups (broad SMARTS) is 2. The van der Waals surface area contributed by atoms with Crippen molar-refractivity contribution >= 4 is 17.8 Å². The zero-order valence-corrected chi connectivity index (χ0v) is 21.6. The molecule has 1 unspecified atom stereocenters. The van der Waals surface area contributed by atoms with Crippen LogP contribution >= 0.6 is 0 Å². The monoisotopic (exact) mass is 580 g/mol. The maximum absolute atomic E-state index is 11.5. The van der Waals surface area contributed by atoms with Crippen LogP contribution < -0.4 is 14.8 Å². The van der Waals surface area contributed by atoms with Gasteiger partial charge in [0.2, 0.25) is 12.7 Å². The van der Waals surface area contributed by atoms with Gasteiger partial charge in [-0.15, -0.1) is 0 Å². The second kappa shape index (κ2) is 13.3. The Labute approximate surface area is 231 Å². The fourth-order valence-electron chi connectivity index (χ4n) is 4.16. The first-order chi connectivity index (χ1) is 19.6. The highest BCUT2D eigenvalue weighted by Crippen LogP contribution is 2.36. The molecule has 0 saturated heterocycles. The first kappa shape index (κ1) is 29.6. The van der Waals surface area contributed by atoms with Crippen LogP contribution in [0.25, 0.3) is 0 Å². The van der Waals surface area contributed by atoms with E-state index in [1.54, 1.807) is 6.07 Å². The van der Waals surface area contributed by atoms with Crippen LogP contribution in [-0.2, 0) is 40.2 Å². The maximum Gasteiger partial charge on any atom is 0.490 e. The lowest BCUT2D eigenvalue weighted by Crippen LogP contribution is -2.21. The van der Waals surface area contributed by atoms with Gasteiger partial charge >= 0.3 is 18.1 Å². The van der Waals surface area contributed by atoms with Gasteiger partial charge in [0, 0.05) is 36.6 Å². The average molecular weight is 581 g/mol. The normalized spacial score (nSPS) is 14.6. The zero-order valence-electron chi connectivity index (χ0n) is 21.6. The Morgan fingerprint density at radius 2 is 1.83 bits per heavy atom. The summed E-state index contributed by atoms with van der Waals surface area (Å²) in [5, 5.41) is 23.9. The molecule has 0 aliphatic carbocycles. The number of hydrogen-bond acceptors (Lipinski definition) is 10. The van der Waals surface area contributed by atoms with Gasteiger partial charge in [0.1, 0.15) is 5.82 Å². The molecule has 5 rings (SSSR count). The molecule has 0 amide bonds. The van der Waals surface area contributed by atoms with Crippen LogP contribution in [0.5, 0.6) is 11.5 Å². The van der Waals surface area contributed by atoms with Crippen LogP contribution in [0, 0.1) is 0 Å². The number of carboxylic acids is 2. The molecule has 41 heavy (non-hydrogen) atoms. The molecule has 220 valence electrons. The second-order valence-corrected chi connectivity index (χ2v) is 9.16. The first-order valence-corrected chi connectivity index (χ1v) is 12.6. The third-order valence-electron chi connectivity index (χ3n) is 6.13. The van der Waals surface area contributed by atoms with Gasteiger partial charge < -0.3 is 34.3 Å². The zero-order chi connectivity index (χ0) is 29.4. The topological polar surface area (TPSA) is 166 Å². The summed E-state index contributed by atoms with van der Waals surface area (Å²) in [6.07, 6.45) is -2.55. The highest BCUT2D eigenvalue weighted by Gasteiger charge is 2.38. The molecule has 0 fully saturated rings. The Bertz CT molecular complexity index is 1360. The molecular formula is C26H27F3N4O8. The van der Waals surface area contributed by atoms with Crippen LogP contribution in [0.1, 0.15) is 47.3 Å². The summed E-state index contributed by atoms with van der Waals surface area (Å²) in [5.41, 5.74) is 2.91. The molecule has 1 atom stereocenters. The Balaban J connectivity index is 0.000000493. The molecule has 3 N–H and O–H groups in total. The molecule has 3 aromatic rings. The number of halogens is 3.